The Morgan fingerprint density at radius 1 is 1.00 bits per heavy atom. The molecule has 2 aromatic carbocycles. The Kier molecular flexibility index (Phi) is 6.32. The van der Waals surface area contributed by atoms with Gasteiger partial charge in [-0.2, -0.15) is 0 Å². The minimum Gasteiger partial charge on any atom is -0.455 e. The van der Waals surface area contributed by atoms with Crippen LogP contribution in [0.1, 0.15) is 42.6 Å². The van der Waals surface area contributed by atoms with E-state index in [-0.39, 0.29) is 18.5 Å². The summed E-state index contributed by atoms with van der Waals surface area (Å²) in [6.45, 7) is 4.71. The number of hydrogen-bond donors (Lipinski definition) is 1. The second kappa shape index (κ2) is 8.90. The molecule has 0 radical (unpaired) electrons. The van der Waals surface area contributed by atoms with Crippen molar-refractivity contribution in [2.24, 2.45) is 0 Å². The first-order chi connectivity index (χ1) is 14.0. The lowest BCUT2D eigenvalue weighted by molar-refractivity contribution is -0.150. The van der Waals surface area contributed by atoms with Crippen molar-refractivity contribution in [2.45, 2.75) is 32.1 Å². The quantitative estimate of drug-likeness (QED) is 0.697. The minimum absolute atomic E-state index is 0.0870. The van der Waals surface area contributed by atoms with Gasteiger partial charge in [-0.05, 0) is 50.5 Å². The third-order valence-corrected chi connectivity index (χ3v) is 5.25. The molecule has 0 bridgehead atoms. The average molecular weight is 394 g/mol. The van der Waals surface area contributed by atoms with Crippen molar-refractivity contribution >= 4 is 23.5 Å². The fourth-order valence-corrected chi connectivity index (χ4v) is 3.38. The van der Waals surface area contributed by atoms with Crippen LogP contribution in [-0.4, -0.2) is 42.4 Å². The molecule has 1 N–H and O–H groups in total. The first-order valence-electron chi connectivity index (χ1n) is 9.92. The van der Waals surface area contributed by atoms with E-state index < -0.39 is 11.3 Å². The highest BCUT2D eigenvalue weighted by atomic mass is 16.5. The highest BCUT2D eigenvalue weighted by Gasteiger charge is 2.52. The Bertz CT molecular complexity index is 887. The van der Waals surface area contributed by atoms with Gasteiger partial charge in [0, 0.05) is 24.3 Å². The number of hydrogen-bond acceptors (Lipinski definition) is 4. The summed E-state index contributed by atoms with van der Waals surface area (Å²) >= 11 is 0. The van der Waals surface area contributed by atoms with Crippen LogP contribution in [0.5, 0.6) is 0 Å². The number of amides is 2. The van der Waals surface area contributed by atoms with Gasteiger partial charge in [0.05, 0.1) is 5.41 Å². The predicted molar refractivity (Wildman–Crippen MR) is 111 cm³/mol. The highest BCUT2D eigenvalue weighted by Crippen LogP contribution is 2.49. The fraction of sp³-hybridized carbons (Fsp3) is 0.348. The Morgan fingerprint density at radius 3 is 2.31 bits per heavy atom. The van der Waals surface area contributed by atoms with Crippen LogP contribution in [0.15, 0.2) is 54.6 Å². The van der Waals surface area contributed by atoms with Crippen LogP contribution in [0.3, 0.4) is 0 Å². The molecule has 0 heterocycles. The zero-order valence-corrected chi connectivity index (χ0v) is 16.8. The Morgan fingerprint density at radius 2 is 1.69 bits per heavy atom. The van der Waals surface area contributed by atoms with Gasteiger partial charge in [0.1, 0.15) is 0 Å². The van der Waals surface area contributed by atoms with Crippen LogP contribution < -0.4 is 5.32 Å². The normalized spacial score (nSPS) is 14.0. The number of esters is 1. The number of ether oxygens (including phenoxy) is 1. The van der Waals surface area contributed by atoms with E-state index in [2.05, 4.69) is 5.32 Å². The molecule has 0 saturated heterocycles. The van der Waals surface area contributed by atoms with Gasteiger partial charge in [0.15, 0.2) is 6.61 Å². The lowest BCUT2D eigenvalue weighted by Gasteiger charge is -2.19. The Balaban J connectivity index is 1.57. The van der Waals surface area contributed by atoms with Crippen LogP contribution in [0, 0.1) is 0 Å². The van der Waals surface area contributed by atoms with Crippen molar-refractivity contribution in [3.63, 3.8) is 0 Å². The number of benzene rings is 2. The first-order valence-corrected chi connectivity index (χ1v) is 9.92. The van der Waals surface area contributed by atoms with E-state index in [4.69, 9.17) is 4.74 Å². The number of carbonyl (C=O) groups is 3. The number of rotatable bonds is 8. The highest BCUT2D eigenvalue weighted by molar-refractivity contribution is 5.98. The predicted octanol–water partition coefficient (Wildman–Crippen LogP) is 3.38. The van der Waals surface area contributed by atoms with Crippen LogP contribution in [0.4, 0.5) is 5.69 Å². The third-order valence-electron chi connectivity index (χ3n) is 5.25. The minimum atomic E-state index is -0.613. The number of nitrogens with zero attached hydrogens (tertiary/aromatic N) is 1. The molecule has 0 atom stereocenters. The maximum Gasteiger partial charge on any atom is 0.317 e. The van der Waals surface area contributed by atoms with Gasteiger partial charge in [0.2, 0.25) is 0 Å². The molecule has 29 heavy (non-hydrogen) atoms. The molecule has 0 aliphatic heterocycles. The molecule has 6 nitrogen and oxygen atoms in total. The maximum absolute atomic E-state index is 12.5. The SMILES string of the molecule is CCN(CC)C(=O)c1cccc(NC(=O)COC(=O)C2(c3ccccc3)CC2)c1. The molecule has 1 saturated carbocycles. The largest absolute Gasteiger partial charge is 0.455 e. The summed E-state index contributed by atoms with van der Waals surface area (Å²) in [7, 11) is 0. The van der Waals surface area contributed by atoms with E-state index in [1.165, 1.54) is 0 Å². The van der Waals surface area contributed by atoms with Crippen LogP contribution >= 0.6 is 0 Å². The van der Waals surface area contributed by atoms with Crippen molar-refractivity contribution in [3.8, 4) is 0 Å². The van der Waals surface area contributed by atoms with Crippen molar-refractivity contribution in [1.82, 2.24) is 4.90 Å². The molecule has 1 aliphatic rings. The molecule has 2 aromatic rings. The van der Waals surface area contributed by atoms with Crippen molar-refractivity contribution in [1.29, 1.82) is 0 Å². The zero-order valence-electron chi connectivity index (χ0n) is 16.8. The molecule has 3 rings (SSSR count). The second-order valence-electron chi connectivity index (χ2n) is 7.13. The average Bonchev–Trinajstić information content (AvgIpc) is 3.56. The van der Waals surface area contributed by atoms with Gasteiger partial charge >= 0.3 is 5.97 Å². The lowest BCUT2D eigenvalue weighted by atomic mass is 9.96. The van der Waals surface area contributed by atoms with E-state index in [1.807, 2.05) is 44.2 Å². The van der Waals surface area contributed by atoms with Crippen LogP contribution in [0.25, 0.3) is 0 Å². The summed E-state index contributed by atoms with van der Waals surface area (Å²) in [4.78, 5) is 38.9. The second-order valence-corrected chi connectivity index (χ2v) is 7.13. The van der Waals surface area contributed by atoms with E-state index in [1.54, 1.807) is 29.2 Å². The summed E-state index contributed by atoms with van der Waals surface area (Å²) in [6, 6.07) is 16.3. The van der Waals surface area contributed by atoms with Crippen LogP contribution in [0.2, 0.25) is 0 Å². The van der Waals surface area contributed by atoms with Gasteiger partial charge in [-0.1, -0.05) is 36.4 Å². The molecule has 1 fully saturated rings. The smallest absolute Gasteiger partial charge is 0.317 e. The van der Waals surface area contributed by atoms with Gasteiger partial charge in [0.25, 0.3) is 11.8 Å². The van der Waals surface area contributed by atoms with Gasteiger partial charge in [-0.15, -0.1) is 0 Å². The third kappa shape index (κ3) is 4.65. The molecule has 6 heteroatoms. The van der Waals surface area contributed by atoms with Gasteiger partial charge < -0.3 is 15.0 Å². The summed E-state index contributed by atoms with van der Waals surface area (Å²) in [6.07, 6.45) is 1.46. The number of anilines is 1. The fourth-order valence-electron chi connectivity index (χ4n) is 3.38. The van der Waals surface area contributed by atoms with E-state index >= 15 is 0 Å². The number of nitrogens with one attached hydrogen (secondary N) is 1. The monoisotopic (exact) mass is 394 g/mol. The standard InChI is InChI=1S/C23H26N2O4/c1-3-25(4-2)21(27)17-9-8-12-19(15-17)24-20(26)16-29-22(28)23(13-14-23)18-10-6-5-7-11-18/h5-12,15H,3-4,13-14,16H2,1-2H3,(H,24,26). The lowest BCUT2D eigenvalue weighted by Crippen LogP contribution is -2.30. The molecule has 0 aromatic heterocycles. The summed E-state index contributed by atoms with van der Waals surface area (Å²) in [5, 5.41) is 2.69. The summed E-state index contributed by atoms with van der Waals surface area (Å²) in [5.74, 6) is -0.893. The maximum atomic E-state index is 12.5. The van der Waals surface area contributed by atoms with E-state index in [0.717, 1.165) is 18.4 Å². The molecular formula is C23H26N2O4. The van der Waals surface area contributed by atoms with E-state index in [0.29, 0.717) is 24.3 Å². The molecule has 0 unspecified atom stereocenters. The van der Waals surface area contributed by atoms with Crippen molar-refractivity contribution in [3.05, 3.63) is 65.7 Å². The van der Waals surface area contributed by atoms with Gasteiger partial charge in [-0.25, -0.2) is 0 Å². The van der Waals surface area contributed by atoms with Gasteiger partial charge in [-0.3, -0.25) is 14.4 Å². The van der Waals surface area contributed by atoms with E-state index in [9.17, 15) is 14.4 Å². The van der Waals surface area contributed by atoms with Crippen molar-refractivity contribution < 1.29 is 19.1 Å². The molecular weight excluding hydrogens is 368 g/mol. The Hall–Kier alpha value is -3.15. The summed E-state index contributed by atoms with van der Waals surface area (Å²) < 4.78 is 5.28. The topological polar surface area (TPSA) is 75.7 Å². The van der Waals surface area contributed by atoms with Crippen LogP contribution in [-0.2, 0) is 19.7 Å². The van der Waals surface area contributed by atoms with Crippen molar-refractivity contribution in [2.75, 3.05) is 25.0 Å². The summed E-state index contributed by atoms with van der Waals surface area (Å²) in [5.41, 5.74) is 1.31. The number of carbonyl (C=O) groups excluding carboxylic acids is 3. The Labute approximate surface area is 170 Å². The first kappa shape index (κ1) is 20.6. The zero-order chi connectivity index (χ0) is 20.9. The molecule has 0 spiro atoms. The molecule has 1 aliphatic carbocycles. The molecule has 152 valence electrons. The molecule has 2 amide bonds.